The standard InChI is InChI=1S/C32H46F3N3/c1-3-4-12-23(2)19-25-21-36-31(37-22-25)28-20-26-17-18-27(32(34,35)29(26)30(33)38-28)14-11-9-7-5-6-8-10-13-24-15-16-24/h20-24,27H,3-19H2,1-2H3. The van der Waals surface area contributed by atoms with Gasteiger partial charge >= 0.3 is 0 Å². The molecule has 0 aliphatic heterocycles. The molecule has 2 aliphatic rings. The molecule has 2 heterocycles. The fourth-order valence-electron chi connectivity index (χ4n) is 6.03. The summed E-state index contributed by atoms with van der Waals surface area (Å²) in [6.45, 7) is 4.40. The van der Waals surface area contributed by atoms with Crippen molar-refractivity contribution in [2.45, 2.75) is 129 Å². The van der Waals surface area contributed by atoms with E-state index >= 15 is 13.2 Å². The average Bonchev–Trinajstić information content (AvgIpc) is 3.72. The number of pyridine rings is 1. The van der Waals surface area contributed by atoms with Crippen molar-refractivity contribution in [2.75, 3.05) is 0 Å². The van der Waals surface area contributed by atoms with Crippen LogP contribution in [0, 0.1) is 23.7 Å². The molecule has 3 nitrogen and oxygen atoms in total. The van der Waals surface area contributed by atoms with Crippen LogP contribution in [-0.2, 0) is 18.8 Å². The molecular weight excluding hydrogens is 483 g/mol. The van der Waals surface area contributed by atoms with Crippen LogP contribution in [0.25, 0.3) is 11.5 Å². The van der Waals surface area contributed by atoms with E-state index in [2.05, 4.69) is 28.8 Å². The molecule has 0 saturated heterocycles. The number of aromatic nitrogens is 3. The molecule has 2 aromatic heterocycles. The zero-order chi connectivity index (χ0) is 27.0. The van der Waals surface area contributed by atoms with Gasteiger partial charge in [-0.15, -0.1) is 0 Å². The van der Waals surface area contributed by atoms with E-state index in [0.29, 0.717) is 30.7 Å². The van der Waals surface area contributed by atoms with Gasteiger partial charge in [-0.1, -0.05) is 97.3 Å². The Hall–Kier alpha value is -1.98. The molecule has 2 unspecified atom stereocenters. The second-order valence-corrected chi connectivity index (χ2v) is 12.1. The van der Waals surface area contributed by atoms with Crippen LogP contribution < -0.4 is 0 Å². The highest BCUT2D eigenvalue weighted by Crippen LogP contribution is 2.47. The van der Waals surface area contributed by atoms with Crippen molar-refractivity contribution >= 4 is 0 Å². The summed E-state index contributed by atoms with van der Waals surface area (Å²) in [4.78, 5) is 12.7. The summed E-state index contributed by atoms with van der Waals surface area (Å²) >= 11 is 0. The summed E-state index contributed by atoms with van der Waals surface area (Å²) < 4.78 is 45.8. The van der Waals surface area contributed by atoms with Gasteiger partial charge in [0.25, 0.3) is 5.92 Å². The van der Waals surface area contributed by atoms with Crippen LogP contribution in [0.3, 0.4) is 0 Å². The molecule has 2 aliphatic carbocycles. The molecule has 0 N–H and O–H groups in total. The van der Waals surface area contributed by atoms with Crippen LogP contribution in [0.2, 0.25) is 0 Å². The molecule has 38 heavy (non-hydrogen) atoms. The van der Waals surface area contributed by atoms with E-state index in [1.807, 2.05) is 0 Å². The smallest absolute Gasteiger partial charge is 0.235 e. The Morgan fingerprint density at radius 2 is 1.58 bits per heavy atom. The monoisotopic (exact) mass is 529 g/mol. The van der Waals surface area contributed by atoms with E-state index in [-0.39, 0.29) is 11.5 Å². The fraction of sp³-hybridized carbons (Fsp3) is 0.719. The number of unbranched alkanes of at least 4 members (excludes halogenated alkanes) is 7. The fourth-order valence-corrected chi connectivity index (χ4v) is 6.03. The topological polar surface area (TPSA) is 38.7 Å². The normalized spacial score (nSPS) is 19.3. The Bertz CT molecular complexity index is 1000. The molecule has 210 valence electrons. The largest absolute Gasteiger partial charge is 0.280 e. The number of alkyl halides is 2. The Balaban J connectivity index is 1.28. The van der Waals surface area contributed by atoms with Gasteiger partial charge in [-0.25, -0.2) is 23.7 Å². The summed E-state index contributed by atoms with van der Waals surface area (Å²) in [6, 6.07) is 1.57. The summed E-state index contributed by atoms with van der Waals surface area (Å²) in [5.41, 5.74) is 1.10. The second-order valence-electron chi connectivity index (χ2n) is 12.1. The van der Waals surface area contributed by atoms with Crippen molar-refractivity contribution in [2.24, 2.45) is 17.8 Å². The van der Waals surface area contributed by atoms with Gasteiger partial charge in [0, 0.05) is 18.3 Å². The maximum absolute atomic E-state index is 15.4. The molecule has 0 amide bonds. The first-order valence-electron chi connectivity index (χ1n) is 15.3. The lowest BCUT2D eigenvalue weighted by molar-refractivity contribution is -0.0824. The van der Waals surface area contributed by atoms with Crippen LogP contribution >= 0.6 is 0 Å². The van der Waals surface area contributed by atoms with Crippen molar-refractivity contribution in [3.05, 3.63) is 41.1 Å². The minimum Gasteiger partial charge on any atom is -0.235 e. The predicted molar refractivity (Wildman–Crippen MR) is 148 cm³/mol. The molecule has 1 saturated carbocycles. The summed E-state index contributed by atoms with van der Waals surface area (Å²) in [6.07, 6.45) is 21.4. The lowest BCUT2D eigenvalue weighted by atomic mass is 9.78. The molecule has 0 radical (unpaired) electrons. The molecule has 6 heteroatoms. The van der Waals surface area contributed by atoms with Gasteiger partial charge in [-0.2, -0.15) is 4.39 Å². The molecule has 0 spiro atoms. The van der Waals surface area contributed by atoms with E-state index in [1.54, 1.807) is 18.5 Å². The molecule has 0 bridgehead atoms. The van der Waals surface area contributed by atoms with Gasteiger partial charge in [-0.3, -0.25) is 0 Å². The summed E-state index contributed by atoms with van der Waals surface area (Å²) in [5.74, 6) is -3.24. The van der Waals surface area contributed by atoms with E-state index in [1.165, 1.54) is 57.8 Å². The molecule has 0 aromatic carbocycles. The van der Waals surface area contributed by atoms with Crippen molar-refractivity contribution in [3.63, 3.8) is 0 Å². The number of aryl methyl sites for hydroxylation is 1. The third kappa shape index (κ3) is 8.02. The van der Waals surface area contributed by atoms with E-state index in [0.717, 1.165) is 43.6 Å². The highest BCUT2D eigenvalue weighted by atomic mass is 19.3. The van der Waals surface area contributed by atoms with Gasteiger partial charge in [0.2, 0.25) is 5.95 Å². The van der Waals surface area contributed by atoms with Crippen LogP contribution in [-0.4, -0.2) is 15.0 Å². The van der Waals surface area contributed by atoms with Crippen molar-refractivity contribution in [3.8, 4) is 11.5 Å². The lowest BCUT2D eigenvalue weighted by Crippen LogP contribution is -2.33. The predicted octanol–water partition coefficient (Wildman–Crippen LogP) is 9.62. The molecule has 2 atom stereocenters. The highest BCUT2D eigenvalue weighted by molar-refractivity contribution is 5.53. The minimum absolute atomic E-state index is 0.234. The Morgan fingerprint density at radius 1 is 0.921 bits per heavy atom. The maximum Gasteiger partial charge on any atom is 0.280 e. The Labute approximate surface area is 227 Å². The zero-order valence-electron chi connectivity index (χ0n) is 23.5. The van der Waals surface area contributed by atoms with Gasteiger partial charge in [0.1, 0.15) is 5.69 Å². The van der Waals surface area contributed by atoms with E-state index < -0.39 is 23.4 Å². The highest BCUT2D eigenvalue weighted by Gasteiger charge is 2.47. The quantitative estimate of drug-likeness (QED) is 0.160. The lowest BCUT2D eigenvalue weighted by Gasteiger charge is -2.33. The minimum atomic E-state index is -3.19. The third-order valence-electron chi connectivity index (χ3n) is 8.60. The van der Waals surface area contributed by atoms with Gasteiger partial charge in [0.05, 0.1) is 5.56 Å². The molecule has 4 rings (SSSR count). The molecular formula is C32H46F3N3. The van der Waals surface area contributed by atoms with Crippen LogP contribution in [0.4, 0.5) is 13.2 Å². The van der Waals surface area contributed by atoms with Gasteiger partial charge in [0.15, 0.2) is 5.82 Å². The summed E-state index contributed by atoms with van der Waals surface area (Å²) in [5, 5.41) is 0. The van der Waals surface area contributed by atoms with Crippen molar-refractivity contribution in [1.29, 1.82) is 0 Å². The third-order valence-corrected chi connectivity index (χ3v) is 8.60. The molecule has 2 aromatic rings. The summed E-state index contributed by atoms with van der Waals surface area (Å²) in [7, 11) is 0. The Kier molecular flexibility index (Phi) is 10.6. The van der Waals surface area contributed by atoms with Gasteiger partial charge < -0.3 is 0 Å². The first-order valence-corrected chi connectivity index (χ1v) is 15.3. The maximum atomic E-state index is 15.4. The molecule has 1 fully saturated rings. The second kappa shape index (κ2) is 13.9. The van der Waals surface area contributed by atoms with Crippen LogP contribution in [0.15, 0.2) is 18.5 Å². The number of rotatable bonds is 16. The van der Waals surface area contributed by atoms with Crippen LogP contribution in [0.1, 0.15) is 127 Å². The first kappa shape index (κ1) is 29.0. The number of hydrogen-bond acceptors (Lipinski definition) is 3. The SMILES string of the molecule is CCCCC(C)Cc1cnc(-c2cc3c(c(F)n2)C(F)(F)C(CCCCCCCCCC2CC2)CC3)nc1. The zero-order valence-corrected chi connectivity index (χ0v) is 23.5. The number of hydrogen-bond donors (Lipinski definition) is 0. The number of nitrogens with zero attached hydrogens (tertiary/aromatic N) is 3. The van der Waals surface area contributed by atoms with E-state index in [4.69, 9.17) is 0 Å². The first-order chi connectivity index (χ1) is 18.4. The Morgan fingerprint density at radius 3 is 2.24 bits per heavy atom. The average molecular weight is 530 g/mol. The van der Waals surface area contributed by atoms with Gasteiger partial charge in [-0.05, 0) is 54.7 Å². The van der Waals surface area contributed by atoms with Crippen LogP contribution in [0.5, 0.6) is 0 Å². The van der Waals surface area contributed by atoms with E-state index in [9.17, 15) is 0 Å². The van der Waals surface area contributed by atoms with Crippen molar-refractivity contribution < 1.29 is 13.2 Å². The van der Waals surface area contributed by atoms with Crippen molar-refractivity contribution in [1.82, 2.24) is 15.0 Å². The number of fused-ring (bicyclic) bond motifs is 1. The number of halogens is 3.